The van der Waals surface area contributed by atoms with E-state index in [0.29, 0.717) is 5.69 Å². The number of aromatic nitrogens is 2. The molecule has 102 valence electrons. The van der Waals surface area contributed by atoms with E-state index in [1.165, 1.54) is 23.2 Å². The molecule has 0 aliphatic rings. The minimum Gasteiger partial charge on any atom is -0.323 e. The smallest absolute Gasteiger partial charge is 0.323 e. The average molecular weight is 290 g/mol. The molecule has 3 nitrogen and oxygen atoms in total. The van der Waals surface area contributed by atoms with E-state index in [4.69, 9.17) is 17.3 Å². The number of hydrogen-bond donors (Lipinski definition) is 1. The zero-order valence-corrected chi connectivity index (χ0v) is 10.7. The van der Waals surface area contributed by atoms with Crippen molar-refractivity contribution in [3.63, 3.8) is 0 Å². The number of imidazole rings is 1. The molecule has 0 bridgehead atoms. The quantitative estimate of drug-likeness (QED) is 0.918. The normalized spacial score (nSPS) is 13.6. The van der Waals surface area contributed by atoms with E-state index in [2.05, 4.69) is 4.98 Å². The highest BCUT2D eigenvalue weighted by atomic mass is 35.5. The van der Waals surface area contributed by atoms with Gasteiger partial charge in [0.05, 0.1) is 34.5 Å². The van der Waals surface area contributed by atoms with Gasteiger partial charge in [-0.2, -0.15) is 13.2 Å². The molecule has 7 heteroatoms. The molecule has 0 spiro atoms. The molecule has 1 atom stereocenters. The standard InChI is InChI=1S/C12H11ClF3N3/c1-7(17)11-5-18-6-19(11)10-4-8(12(14,15)16)2-3-9(10)13/h2-7H,17H2,1H3/t7-/m0/s1. The number of hydrogen-bond acceptors (Lipinski definition) is 2. The van der Waals surface area contributed by atoms with Crippen LogP contribution in [-0.4, -0.2) is 9.55 Å². The van der Waals surface area contributed by atoms with Crippen LogP contribution in [-0.2, 0) is 6.18 Å². The van der Waals surface area contributed by atoms with Crippen LogP contribution >= 0.6 is 11.6 Å². The van der Waals surface area contributed by atoms with Crippen LogP contribution < -0.4 is 5.73 Å². The Morgan fingerprint density at radius 2 is 2.05 bits per heavy atom. The van der Waals surface area contributed by atoms with Crippen molar-refractivity contribution in [2.75, 3.05) is 0 Å². The van der Waals surface area contributed by atoms with Gasteiger partial charge >= 0.3 is 6.18 Å². The largest absolute Gasteiger partial charge is 0.416 e. The number of alkyl halides is 3. The maximum absolute atomic E-state index is 12.7. The summed E-state index contributed by atoms with van der Waals surface area (Å²) >= 11 is 5.96. The van der Waals surface area contributed by atoms with Crippen LogP contribution in [0.2, 0.25) is 5.02 Å². The number of benzene rings is 1. The highest BCUT2D eigenvalue weighted by molar-refractivity contribution is 6.32. The Morgan fingerprint density at radius 1 is 1.37 bits per heavy atom. The topological polar surface area (TPSA) is 43.8 Å². The maximum Gasteiger partial charge on any atom is 0.416 e. The summed E-state index contributed by atoms with van der Waals surface area (Å²) in [5.41, 5.74) is 5.77. The van der Waals surface area contributed by atoms with E-state index in [1.54, 1.807) is 6.92 Å². The van der Waals surface area contributed by atoms with Gasteiger partial charge in [0.2, 0.25) is 0 Å². The van der Waals surface area contributed by atoms with Crippen molar-refractivity contribution < 1.29 is 13.2 Å². The average Bonchev–Trinajstić information content (AvgIpc) is 2.76. The maximum atomic E-state index is 12.7. The monoisotopic (exact) mass is 289 g/mol. The van der Waals surface area contributed by atoms with Crippen LogP contribution in [0.4, 0.5) is 13.2 Å². The number of nitrogens with zero attached hydrogens (tertiary/aromatic N) is 2. The first-order valence-corrected chi connectivity index (χ1v) is 5.83. The summed E-state index contributed by atoms with van der Waals surface area (Å²) in [6.07, 6.45) is -1.53. The Kier molecular flexibility index (Phi) is 3.56. The second-order valence-electron chi connectivity index (χ2n) is 4.14. The summed E-state index contributed by atoms with van der Waals surface area (Å²) in [5, 5.41) is 0.202. The molecule has 0 saturated carbocycles. The van der Waals surface area contributed by atoms with E-state index >= 15 is 0 Å². The third-order valence-corrected chi connectivity index (χ3v) is 2.99. The Hall–Kier alpha value is -1.53. The van der Waals surface area contributed by atoms with Crippen molar-refractivity contribution in [2.24, 2.45) is 5.73 Å². The summed E-state index contributed by atoms with van der Waals surface area (Å²) in [5.74, 6) is 0. The minimum absolute atomic E-state index is 0.202. The van der Waals surface area contributed by atoms with Gasteiger partial charge in [-0.3, -0.25) is 0 Å². The number of halogens is 4. The first-order valence-electron chi connectivity index (χ1n) is 5.45. The summed E-state index contributed by atoms with van der Waals surface area (Å²) in [4.78, 5) is 3.90. The molecule has 0 amide bonds. The molecule has 2 aromatic rings. The molecule has 0 radical (unpaired) electrons. The lowest BCUT2D eigenvalue weighted by Crippen LogP contribution is -2.12. The number of nitrogens with two attached hydrogens (primary N) is 1. The lowest BCUT2D eigenvalue weighted by Gasteiger charge is -2.14. The van der Waals surface area contributed by atoms with Gasteiger partial charge in [-0.15, -0.1) is 0 Å². The van der Waals surface area contributed by atoms with Gasteiger partial charge in [-0.25, -0.2) is 4.98 Å². The van der Waals surface area contributed by atoms with Crippen LogP contribution in [0.25, 0.3) is 5.69 Å². The minimum atomic E-state index is -4.42. The predicted octanol–water partition coefficient (Wildman–Crippen LogP) is 3.56. The van der Waals surface area contributed by atoms with Crippen molar-refractivity contribution in [2.45, 2.75) is 19.1 Å². The zero-order valence-electron chi connectivity index (χ0n) is 9.95. The molecule has 19 heavy (non-hydrogen) atoms. The molecule has 0 unspecified atom stereocenters. The van der Waals surface area contributed by atoms with Gasteiger partial charge in [-0.05, 0) is 25.1 Å². The van der Waals surface area contributed by atoms with Gasteiger partial charge in [0.1, 0.15) is 0 Å². The van der Waals surface area contributed by atoms with E-state index in [9.17, 15) is 13.2 Å². The predicted molar refractivity (Wildman–Crippen MR) is 66.2 cm³/mol. The third kappa shape index (κ3) is 2.74. The summed E-state index contributed by atoms with van der Waals surface area (Å²) < 4.78 is 39.6. The molecule has 0 aliphatic heterocycles. The van der Waals surface area contributed by atoms with Crippen LogP contribution in [0.5, 0.6) is 0 Å². The lowest BCUT2D eigenvalue weighted by molar-refractivity contribution is -0.137. The first-order chi connectivity index (χ1) is 8.80. The highest BCUT2D eigenvalue weighted by Gasteiger charge is 2.31. The zero-order chi connectivity index (χ0) is 14.2. The van der Waals surface area contributed by atoms with E-state index in [0.717, 1.165) is 12.1 Å². The second kappa shape index (κ2) is 4.86. The third-order valence-electron chi connectivity index (χ3n) is 2.67. The Morgan fingerprint density at radius 3 is 2.63 bits per heavy atom. The van der Waals surface area contributed by atoms with Crippen molar-refractivity contribution in [3.05, 3.63) is 47.0 Å². The summed E-state index contributed by atoms with van der Waals surface area (Å²) in [7, 11) is 0. The Balaban J connectivity index is 2.58. The van der Waals surface area contributed by atoms with Gasteiger partial charge in [0.25, 0.3) is 0 Å². The molecule has 2 N–H and O–H groups in total. The van der Waals surface area contributed by atoms with E-state index in [-0.39, 0.29) is 16.8 Å². The summed E-state index contributed by atoms with van der Waals surface area (Å²) in [6, 6.07) is 2.77. The highest BCUT2D eigenvalue weighted by Crippen LogP contribution is 2.33. The van der Waals surface area contributed by atoms with Crippen LogP contribution in [0, 0.1) is 0 Å². The first kappa shape index (κ1) is 13.9. The van der Waals surface area contributed by atoms with Gasteiger partial charge < -0.3 is 10.3 Å². The molecule has 1 heterocycles. The van der Waals surface area contributed by atoms with Crippen molar-refractivity contribution in [3.8, 4) is 5.69 Å². The summed E-state index contributed by atoms with van der Waals surface area (Å²) in [6.45, 7) is 1.72. The van der Waals surface area contributed by atoms with Crippen molar-refractivity contribution >= 4 is 11.6 Å². The Labute approximate surface area is 112 Å². The molecule has 0 fully saturated rings. The van der Waals surface area contributed by atoms with Crippen LogP contribution in [0.1, 0.15) is 24.2 Å². The SMILES string of the molecule is C[C@H](N)c1cncn1-c1cc(C(F)(F)F)ccc1Cl. The van der Waals surface area contributed by atoms with Crippen LogP contribution in [0.3, 0.4) is 0 Å². The van der Waals surface area contributed by atoms with Crippen molar-refractivity contribution in [1.29, 1.82) is 0 Å². The Bertz CT molecular complexity index is 590. The molecule has 0 aliphatic carbocycles. The fourth-order valence-corrected chi connectivity index (χ4v) is 1.93. The molecular weight excluding hydrogens is 279 g/mol. The van der Waals surface area contributed by atoms with Gasteiger partial charge in [0, 0.05) is 6.04 Å². The van der Waals surface area contributed by atoms with Gasteiger partial charge in [-0.1, -0.05) is 11.6 Å². The van der Waals surface area contributed by atoms with Crippen LogP contribution in [0.15, 0.2) is 30.7 Å². The molecule has 2 rings (SSSR count). The van der Waals surface area contributed by atoms with Crippen molar-refractivity contribution in [1.82, 2.24) is 9.55 Å². The van der Waals surface area contributed by atoms with E-state index in [1.807, 2.05) is 0 Å². The lowest BCUT2D eigenvalue weighted by atomic mass is 10.1. The fraction of sp³-hybridized carbons (Fsp3) is 0.250. The molecule has 0 saturated heterocycles. The fourth-order valence-electron chi connectivity index (χ4n) is 1.72. The number of rotatable bonds is 2. The molecule has 1 aromatic carbocycles. The second-order valence-corrected chi connectivity index (χ2v) is 4.55. The van der Waals surface area contributed by atoms with Gasteiger partial charge in [0.15, 0.2) is 0 Å². The molecular formula is C12H11ClF3N3. The molecule has 1 aromatic heterocycles. The van der Waals surface area contributed by atoms with E-state index < -0.39 is 11.7 Å².